The van der Waals surface area contributed by atoms with Crippen LogP contribution in [0.25, 0.3) is 22.3 Å². The maximum Gasteiger partial charge on any atom is 0.432 e. The average molecular weight is 649 g/mol. The second-order valence-electron chi connectivity index (χ2n) is 11.3. The summed E-state index contributed by atoms with van der Waals surface area (Å²) >= 11 is 0. The second kappa shape index (κ2) is 13.3. The number of halogens is 9. The van der Waals surface area contributed by atoms with Gasteiger partial charge in [-0.2, -0.15) is 22.0 Å². The summed E-state index contributed by atoms with van der Waals surface area (Å²) in [5.74, 6) is -6.41. The molecule has 242 valence electrons. The smallest absolute Gasteiger partial charge is 0.429 e. The number of hydrogen-bond donors (Lipinski definition) is 0. The van der Waals surface area contributed by atoms with Crippen molar-refractivity contribution >= 4 is 0 Å². The van der Waals surface area contributed by atoms with Crippen LogP contribution in [0.4, 0.5) is 39.5 Å². The summed E-state index contributed by atoms with van der Waals surface area (Å²) in [7, 11) is 0. The lowest BCUT2D eigenvalue weighted by molar-refractivity contribution is -0.189. The fourth-order valence-corrected chi connectivity index (χ4v) is 5.84. The van der Waals surface area contributed by atoms with Crippen LogP contribution in [0.5, 0.6) is 5.75 Å². The Balaban J connectivity index is 1.32. The Labute approximate surface area is 260 Å². The largest absolute Gasteiger partial charge is 0.432 e. The molecule has 0 unspecified atom stereocenters. The highest BCUT2D eigenvalue weighted by Gasteiger charge is 2.42. The lowest BCUT2D eigenvalue weighted by Crippen LogP contribution is -2.25. The molecule has 0 spiro atoms. The molecule has 0 atom stereocenters. The predicted octanol–water partition coefficient (Wildman–Crippen LogP) is 12.0. The van der Waals surface area contributed by atoms with Crippen molar-refractivity contribution in [2.75, 3.05) is 0 Å². The summed E-state index contributed by atoms with van der Waals surface area (Å²) in [5.41, 5.74) is -1.82. The van der Waals surface area contributed by atoms with Gasteiger partial charge >= 0.3 is 12.3 Å². The molecule has 1 aliphatic rings. The molecule has 1 saturated carbocycles. The molecular formula is C36H29F9O. The fraction of sp³-hybridized carbons (Fsp3) is 0.278. The van der Waals surface area contributed by atoms with E-state index in [-0.39, 0.29) is 23.3 Å². The van der Waals surface area contributed by atoms with Crippen LogP contribution in [0, 0.1) is 29.2 Å². The average Bonchev–Trinajstić information content (AvgIpc) is 2.99. The summed E-state index contributed by atoms with van der Waals surface area (Å²) in [6.07, 6.45) is 0.106. The molecule has 5 rings (SSSR count). The zero-order valence-electron chi connectivity index (χ0n) is 24.6. The van der Waals surface area contributed by atoms with E-state index in [0.29, 0.717) is 35.6 Å². The van der Waals surface area contributed by atoms with Crippen LogP contribution < -0.4 is 4.74 Å². The van der Waals surface area contributed by atoms with Gasteiger partial charge in [0.25, 0.3) is 0 Å². The molecule has 0 aliphatic heterocycles. The summed E-state index contributed by atoms with van der Waals surface area (Å²) in [4.78, 5) is 0. The van der Waals surface area contributed by atoms with Gasteiger partial charge in [0.2, 0.25) is 0 Å². The predicted molar refractivity (Wildman–Crippen MR) is 157 cm³/mol. The van der Waals surface area contributed by atoms with Gasteiger partial charge in [0, 0.05) is 11.6 Å². The summed E-state index contributed by atoms with van der Waals surface area (Å²) in [6.45, 7) is 2.12. The Hall–Kier alpha value is -4.21. The molecule has 0 amide bonds. The molecule has 0 heterocycles. The zero-order valence-corrected chi connectivity index (χ0v) is 24.6. The first-order chi connectivity index (χ1) is 21.8. The van der Waals surface area contributed by atoms with Crippen molar-refractivity contribution in [3.63, 3.8) is 0 Å². The van der Waals surface area contributed by atoms with Gasteiger partial charge in [-0.3, -0.25) is 0 Å². The Morgan fingerprint density at radius 1 is 0.674 bits per heavy atom. The third kappa shape index (κ3) is 7.26. The molecule has 0 radical (unpaired) electrons. The maximum atomic E-state index is 15.2. The maximum absolute atomic E-state index is 15.2. The quantitative estimate of drug-likeness (QED) is 0.136. The van der Waals surface area contributed by atoms with Crippen molar-refractivity contribution in [2.24, 2.45) is 5.92 Å². The molecule has 4 aromatic carbocycles. The Bertz CT molecular complexity index is 1690. The molecule has 10 heteroatoms. The van der Waals surface area contributed by atoms with E-state index in [1.807, 2.05) is 24.3 Å². The molecule has 1 nitrogen and oxygen atoms in total. The van der Waals surface area contributed by atoms with E-state index in [4.69, 9.17) is 0 Å². The van der Waals surface area contributed by atoms with E-state index < -0.39 is 52.4 Å². The van der Waals surface area contributed by atoms with E-state index in [9.17, 15) is 35.1 Å². The summed E-state index contributed by atoms with van der Waals surface area (Å²) in [6, 6.07) is 13.3. The van der Waals surface area contributed by atoms with Crippen molar-refractivity contribution in [2.45, 2.75) is 57.2 Å². The van der Waals surface area contributed by atoms with Gasteiger partial charge in [-0.1, -0.05) is 55.5 Å². The van der Waals surface area contributed by atoms with Crippen molar-refractivity contribution in [1.29, 1.82) is 0 Å². The molecule has 0 N–H and O–H groups in total. The number of hydrogen-bond acceptors (Lipinski definition) is 1. The van der Waals surface area contributed by atoms with Crippen LogP contribution in [0.1, 0.15) is 61.6 Å². The second-order valence-corrected chi connectivity index (χ2v) is 11.3. The number of rotatable bonds is 8. The highest BCUT2D eigenvalue weighted by molar-refractivity contribution is 5.71. The van der Waals surface area contributed by atoms with Crippen LogP contribution in [-0.2, 0) is 12.3 Å². The minimum atomic E-state index is -5.10. The Morgan fingerprint density at radius 3 is 1.85 bits per heavy atom. The van der Waals surface area contributed by atoms with Gasteiger partial charge in [-0.05, 0) is 96.5 Å². The van der Waals surface area contributed by atoms with Gasteiger partial charge in [0.05, 0.1) is 5.56 Å². The normalized spacial score (nSPS) is 17.4. The SMILES string of the molecule is CC/C=C/C1CCC(c2ccc(-c3ccc(-c4cc(F)c(C(F)(F)Oc5ccc(C(F)(F)F)c(F)c5)c(F)c4)c(F)c3)cc2)CC1. The van der Waals surface area contributed by atoms with Crippen LogP contribution >= 0.6 is 0 Å². The topological polar surface area (TPSA) is 9.23 Å². The lowest BCUT2D eigenvalue weighted by atomic mass is 9.78. The first kappa shape index (κ1) is 33.2. The lowest BCUT2D eigenvalue weighted by Gasteiger charge is -2.27. The van der Waals surface area contributed by atoms with Crippen molar-refractivity contribution in [3.05, 3.63) is 125 Å². The summed E-state index contributed by atoms with van der Waals surface area (Å²) in [5, 5.41) is 0. The number of ether oxygens (including phenoxy) is 1. The minimum absolute atomic E-state index is 0.0305. The highest BCUT2D eigenvalue weighted by atomic mass is 19.4. The first-order valence-corrected chi connectivity index (χ1v) is 14.8. The molecule has 0 saturated heterocycles. The van der Waals surface area contributed by atoms with Crippen LogP contribution in [-0.4, -0.2) is 0 Å². The number of alkyl halides is 5. The Morgan fingerprint density at radius 2 is 1.28 bits per heavy atom. The monoisotopic (exact) mass is 648 g/mol. The number of benzene rings is 4. The van der Waals surface area contributed by atoms with Crippen LogP contribution in [0.2, 0.25) is 0 Å². The molecule has 1 fully saturated rings. The molecule has 0 aromatic heterocycles. The fourth-order valence-electron chi connectivity index (χ4n) is 5.84. The van der Waals surface area contributed by atoms with Gasteiger partial charge < -0.3 is 4.74 Å². The minimum Gasteiger partial charge on any atom is -0.429 e. The molecular weight excluding hydrogens is 619 g/mol. The van der Waals surface area contributed by atoms with Crippen molar-refractivity contribution < 1.29 is 44.3 Å². The molecule has 1 aliphatic carbocycles. The van der Waals surface area contributed by atoms with E-state index in [0.717, 1.165) is 37.7 Å². The van der Waals surface area contributed by atoms with Crippen molar-refractivity contribution in [1.82, 2.24) is 0 Å². The highest BCUT2D eigenvalue weighted by Crippen LogP contribution is 2.40. The molecule has 4 aromatic rings. The zero-order chi connectivity index (χ0) is 33.2. The van der Waals surface area contributed by atoms with Crippen LogP contribution in [0.15, 0.2) is 84.9 Å². The molecule has 0 bridgehead atoms. The van der Waals surface area contributed by atoms with E-state index >= 15 is 4.39 Å². The van der Waals surface area contributed by atoms with Gasteiger partial charge in [0.1, 0.15) is 34.6 Å². The molecule has 46 heavy (non-hydrogen) atoms. The first-order valence-electron chi connectivity index (χ1n) is 14.8. The van der Waals surface area contributed by atoms with E-state index in [1.54, 1.807) is 6.07 Å². The third-order valence-electron chi connectivity index (χ3n) is 8.24. The van der Waals surface area contributed by atoms with Gasteiger partial charge in [-0.25, -0.2) is 17.6 Å². The van der Waals surface area contributed by atoms with Gasteiger partial charge in [-0.15, -0.1) is 0 Å². The Kier molecular flexibility index (Phi) is 9.56. The third-order valence-corrected chi connectivity index (χ3v) is 8.24. The van der Waals surface area contributed by atoms with Gasteiger partial charge in [0.15, 0.2) is 0 Å². The van der Waals surface area contributed by atoms with E-state index in [1.165, 1.54) is 17.7 Å². The van der Waals surface area contributed by atoms with Crippen molar-refractivity contribution in [3.8, 4) is 28.0 Å². The summed E-state index contributed by atoms with van der Waals surface area (Å²) < 4.78 is 131. The van der Waals surface area contributed by atoms with E-state index in [2.05, 4.69) is 23.8 Å². The van der Waals surface area contributed by atoms with Crippen LogP contribution in [0.3, 0.4) is 0 Å². The standard InChI is InChI=1S/C36H29F9O/c1-2-3-4-21-5-7-22(8-6-21)23-9-11-24(12-10-23)25-13-15-28(30(37)17-25)26-18-32(39)34(33(40)19-26)36(44,45)46-27-14-16-29(31(38)20-27)35(41,42)43/h3-4,9-22H,2,5-8H2,1H3/b4-3+. The number of allylic oxidation sites excluding steroid dienone is 2.